The topological polar surface area (TPSA) is 35.5 Å². The normalized spacial score (nSPS) is 12.4. The molecule has 1 atom stereocenters. The van der Waals surface area contributed by atoms with Crippen molar-refractivity contribution in [1.82, 2.24) is 0 Å². The van der Waals surface area contributed by atoms with Crippen LogP contribution in [0.4, 0.5) is 0 Å². The Morgan fingerprint density at radius 2 is 1.76 bits per heavy atom. The number of hydrogen-bond donors (Lipinski definition) is 0. The number of carbonyl (C=O) groups excluding carboxylic acids is 1. The molecule has 0 aliphatic rings. The van der Waals surface area contributed by atoms with Crippen LogP contribution >= 0.6 is 0 Å². The second-order valence-electron chi connectivity index (χ2n) is 5.73. The van der Waals surface area contributed by atoms with Crippen LogP contribution in [0.15, 0.2) is 42.5 Å². The van der Waals surface area contributed by atoms with Crippen LogP contribution in [0.5, 0.6) is 5.75 Å². The molecule has 0 fully saturated rings. The molecule has 0 heterocycles. The Kier molecular flexibility index (Phi) is 5.20. The van der Waals surface area contributed by atoms with E-state index in [1.807, 2.05) is 49.4 Å². The van der Waals surface area contributed by atoms with Gasteiger partial charge in [-0.05, 0) is 42.2 Å². The van der Waals surface area contributed by atoms with Gasteiger partial charge in [0.15, 0.2) is 6.61 Å². The highest BCUT2D eigenvalue weighted by atomic mass is 16.6. The van der Waals surface area contributed by atoms with Crippen LogP contribution in [0, 0.1) is 5.92 Å². The zero-order chi connectivity index (χ0) is 15.2. The third kappa shape index (κ3) is 4.78. The van der Waals surface area contributed by atoms with Crippen molar-refractivity contribution >= 4 is 16.7 Å². The Morgan fingerprint density at radius 3 is 2.48 bits per heavy atom. The van der Waals surface area contributed by atoms with E-state index in [0.717, 1.165) is 17.2 Å². The number of rotatable bonds is 6. The molecule has 0 amide bonds. The Bertz CT molecular complexity index is 604. The molecule has 0 saturated carbocycles. The number of hydrogen-bond acceptors (Lipinski definition) is 3. The summed E-state index contributed by atoms with van der Waals surface area (Å²) in [6.45, 7) is 6.07. The Morgan fingerprint density at radius 1 is 1.05 bits per heavy atom. The first-order valence-corrected chi connectivity index (χ1v) is 7.35. The molecule has 0 saturated heterocycles. The minimum atomic E-state index is -0.323. The Labute approximate surface area is 125 Å². The SMILES string of the molecule is CC(C)CC(C)OC(=O)COc1ccc2ccccc2c1. The van der Waals surface area contributed by atoms with Gasteiger partial charge in [0.25, 0.3) is 0 Å². The minimum absolute atomic E-state index is 0.0548. The predicted octanol–water partition coefficient (Wildman–Crippen LogP) is 4.20. The molecular weight excluding hydrogens is 264 g/mol. The monoisotopic (exact) mass is 286 g/mol. The van der Waals surface area contributed by atoms with Crippen LogP contribution in [-0.2, 0) is 9.53 Å². The summed E-state index contributed by atoms with van der Waals surface area (Å²) in [5.74, 6) is 0.868. The van der Waals surface area contributed by atoms with Crippen molar-refractivity contribution in [2.24, 2.45) is 5.92 Å². The highest BCUT2D eigenvalue weighted by molar-refractivity contribution is 5.83. The summed E-state index contributed by atoms with van der Waals surface area (Å²) in [6, 6.07) is 13.8. The van der Waals surface area contributed by atoms with Gasteiger partial charge in [0.05, 0.1) is 6.10 Å². The van der Waals surface area contributed by atoms with Gasteiger partial charge in [0.2, 0.25) is 0 Å². The maximum atomic E-state index is 11.7. The molecule has 0 N–H and O–H groups in total. The first-order valence-electron chi connectivity index (χ1n) is 7.35. The van der Waals surface area contributed by atoms with Gasteiger partial charge < -0.3 is 9.47 Å². The first kappa shape index (κ1) is 15.4. The average Bonchev–Trinajstić information content (AvgIpc) is 2.44. The van der Waals surface area contributed by atoms with Crippen molar-refractivity contribution in [1.29, 1.82) is 0 Å². The first-order chi connectivity index (χ1) is 10.0. The van der Waals surface area contributed by atoms with Crippen LogP contribution in [0.25, 0.3) is 10.8 Å². The van der Waals surface area contributed by atoms with Gasteiger partial charge >= 0.3 is 5.97 Å². The Hall–Kier alpha value is -2.03. The maximum Gasteiger partial charge on any atom is 0.344 e. The third-order valence-corrected chi connectivity index (χ3v) is 3.21. The quantitative estimate of drug-likeness (QED) is 0.747. The highest BCUT2D eigenvalue weighted by Crippen LogP contribution is 2.20. The maximum absolute atomic E-state index is 11.7. The van der Waals surface area contributed by atoms with Crippen molar-refractivity contribution in [3.05, 3.63) is 42.5 Å². The van der Waals surface area contributed by atoms with Crippen LogP contribution < -0.4 is 4.74 Å². The number of fused-ring (bicyclic) bond motifs is 1. The Balaban J connectivity index is 1.87. The summed E-state index contributed by atoms with van der Waals surface area (Å²) in [7, 11) is 0. The highest BCUT2D eigenvalue weighted by Gasteiger charge is 2.11. The van der Waals surface area contributed by atoms with Gasteiger partial charge in [-0.15, -0.1) is 0 Å². The van der Waals surface area contributed by atoms with E-state index >= 15 is 0 Å². The van der Waals surface area contributed by atoms with E-state index in [2.05, 4.69) is 13.8 Å². The van der Waals surface area contributed by atoms with Crippen LogP contribution in [0.1, 0.15) is 27.2 Å². The summed E-state index contributed by atoms with van der Waals surface area (Å²) in [4.78, 5) is 11.7. The fourth-order valence-corrected chi connectivity index (χ4v) is 2.37. The summed E-state index contributed by atoms with van der Waals surface area (Å²) in [5.41, 5.74) is 0. The molecule has 3 nitrogen and oxygen atoms in total. The largest absolute Gasteiger partial charge is 0.482 e. The van der Waals surface area contributed by atoms with Crippen LogP contribution in [-0.4, -0.2) is 18.7 Å². The fraction of sp³-hybridized carbons (Fsp3) is 0.389. The molecule has 21 heavy (non-hydrogen) atoms. The van der Waals surface area contributed by atoms with Gasteiger partial charge in [-0.3, -0.25) is 0 Å². The van der Waals surface area contributed by atoms with Crippen molar-refractivity contribution in [2.45, 2.75) is 33.3 Å². The third-order valence-electron chi connectivity index (χ3n) is 3.21. The van der Waals surface area contributed by atoms with E-state index in [1.54, 1.807) is 0 Å². The second kappa shape index (κ2) is 7.11. The van der Waals surface area contributed by atoms with Crippen molar-refractivity contribution in [3.63, 3.8) is 0 Å². The van der Waals surface area contributed by atoms with E-state index < -0.39 is 0 Å². The number of esters is 1. The summed E-state index contributed by atoms with van der Waals surface area (Å²) < 4.78 is 10.8. The molecule has 0 aliphatic heterocycles. The smallest absolute Gasteiger partial charge is 0.344 e. The van der Waals surface area contributed by atoms with E-state index in [-0.39, 0.29) is 18.7 Å². The van der Waals surface area contributed by atoms with Crippen molar-refractivity contribution < 1.29 is 14.3 Å². The molecule has 0 radical (unpaired) electrons. The molecule has 2 aromatic rings. The van der Waals surface area contributed by atoms with Crippen molar-refractivity contribution in [3.8, 4) is 5.75 Å². The number of ether oxygens (including phenoxy) is 2. The van der Waals surface area contributed by atoms with E-state index in [0.29, 0.717) is 11.7 Å². The fourth-order valence-electron chi connectivity index (χ4n) is 2.37. The average molecular weight is 286 g/mol. The van der Waals surface area contributed by atoms with Crippen LogP contribution in [0.2, 0.25) is 0 Å². The molecule has 0 aromatic heterocycles. The van der Waals surface area contributed by atoms with Gasteiger partial charge in [0, 0.05) is 0 Å². The lowest BCUT2D eigenvalue weighted by atomic mass is 10.1. The molecule has 0 spiro atoms. The molecular formula is C18H22O3. The summed E-state index contributed by atoms with van der Waals surface area (Å²) in [5, 5.41) is 2.24. The molecule has 1 unspecified atom stereocenters. The number of carbonyl (C=O) groups is 1. The standard InChI is InChI=1S/C18H22O3/c1-13(2)10-14(3)21-18(19)12-20-17-9-8-15-6-4-5-7-16(15)11-17/h4-9,11,13-14H,10,12H2,1-3H3. The van der Waals surface area contributed by atoms with Gasteiger partial charge in [-0.1, -0.05) is 44.2 Å². The van der Waals surface area contributed by atoms with Crippen LogP contribution in [0.3, 0.4) is 0 Å². The molecule has 112 valence electrons. The van der Waals surface area contributed by atoms with Gasteiger partial charge in [-0.25, -0.2) is 4.79 Å². The van der Waals surface area contributed by atoms with E-state index in [4.69, 9.17) is 9.47 Å². The molecule has 0 aliphatic carbocycles. The minimum Gasteiger partial charge on any atom is -0.482 e. The second-order valence-corrected chi connectivity index (χ2v) is 5.73. The lowest BCUT2D eigenvalue weighted by Crippen LogP contribution is -2.21. The molecule has 0 bridgehead atoms. The van der Waals surface area contributed by atoms with Crippen molar-refractivity contribution in [2.75, 3.05) is 6.61 Å². The van der Waals surface area contributed by atoms with Gasteiger partial charge in [-0.2, -0.15) is 0 Å². The van der Waals surface area contributed by atoms with Gasteiger partial charge in [0.1, 0.15) is 5.75 Å². The molecule has 2 rings (SSSR count). The lowest BCUT2D eigenvalue weighted by Gasteiger charge is -2.15. The zero-order valence-electron chi connectivity index (χ0n) is 12.8. The lowest BCUT2D eigenvalue weighted by molar-refractivity contribution is -0.151. The predicted molar refractivity (Wildman–Crippen MR) is 84.5 cm³/mol. The number of benzene rings is 2. The summed E-state index contributed by atoms with van der Waals surface area (Å²) in [6.07, 6.45) is 0.791. The molecule has 3 heteroatoms. The van der Waals surface area contributed by atoms with E-state index in [9.17, 15) is 4.79 Å². The van der Waals surface area contributed by atoms with E-state index in [1.165, 1.54) is 0 Å². The molecule has 2 aromatic carbocycles. The zero-order valence-corrected chi connectivity index (χ0v) is 12.8. The summed E-state index contributed by atoms with van der Waals surface area (Å²) >= 11 is 0.